The van der Waals surface area contributed by atoms with Gasteiger partial charge in [-0.2, -0.15) is 0 Å². The number of carbonyl (C=O) groups excluding carboxylic acids is 1. The maximum Gasteiger partial charge on any atom is 0.242 e. The molecule has 1 amide bonds. The molecule has 148 valence electrons. The summed E-state index contributed by atoms with van der Waals surface area (Å²) in [6.07, 6.45) is 6.94. The molecule has 0 bridgehead atoms. The van der Waals surface area contributed by atoms with Crippen LogP contribution in [0.4, 0.5) is 0 Å². The molecule has 2 fully saturated rings. The fourth-order valence-corrected chi connectivity index (χ4v) is 4.34. The van der Waals surface area contributed by atoms with Gasteiger partial charge in [0.05, 0.1) is 0 Å². The van der Waals surface area contributed by atoms with Crippen LogP contribution >= 0.6 is 12.4 Å². The molecule has 0 N–H and O–H groups in total. The van der Waals surface area contributed by atoms with E-state index < -0.39 is 0 Å². The van der Waals surface area contributed by atoms with E-state index in [0.29, 0.717) is 12.5 Å². The Morgan fingerprint density at radius 2 is 2.07 bits per heavy atom. The van der Waals surface area contributed by atoms with Crippen molar-refractivity contribution in [2.45, 2.75) is 51.6 Å². The first-order valence-electron chi connectivity index (χ1n) is 9.93. The summed E-state index contributed by atoms with van der Waals surface area (Å²) in [5.41, 5.74) is 3.76. The first-order valence-corrected chi connectivity index (χ1v) is 9.93. The second kappa shape index (κ2) is 8.19. The van der Waals surface area contributed by atoms with E-state index in [1.54, 1.807) is 4.90 Å². The molecule has 0 spiro atoms. The summed E-state index contributed by atoms with van der Waals surface area (Å²) in [6, 6.07) is 4.22. The van der Waals surface area contributed by atoms with E-state index in [1.165, 1.54) is 55.4 Å². The molecule has 0 aromatic carbocycles. The molecule has 1 saturated heterocycles. The van der Waals surface area contributed by atoms with Crippen molar-refractivity contribution in [3.63, 3.8) is 0 Å². The Balaban J connectivity index is 0.00000210. The molecular weight excluding hydrogens is 360 g/mol. The first kappa shape index (κ1) is 20.2. The topological polar surface area (TPSA) is 41.4 Å². The number of fused-ring (bicyclic) bond motifs is 1. The molecule has 1 aliphatic heterocycles. The van der Waals surface area contributed by atoms with Crippen LogP contribution in [0.5, 0.6) is 0 Å². The van der Waals surface area contributed by atoms with E-state index in [1.807, 2.05) is 26.4 Å². The minimum Gasteiger partial charge on any atom is -0.347 e. The Bertz CT molecular complexity index is 812. The zero-order valence-electron chi connectivity index (χ0n) is 16.6. The summed E-state index contributed by atoms with van der Waals surface area (Å²) in [5, 5.41) is 1.24. The van der Waals surface area contributed by atoms with Crippen LogP contribution in [0.3, 0.4) is 0 Å². The molecule has 3 heterocycles. The number of pyridine rings is 1. The highest BCUT2D eigenvalue weighted by molar-refractivity contribution is 5.86. The minimum absolute atomic E-state index is 0. The quantitative estimate of drug-likeness (QED) is 0.782. The standard InChI is InChI=1S/C21H30N4O.ClH/c1-15-6-5-11-24(12-15)13-18-17-7-4-10-22-21(17)25(14-19(26)23(2)3)20(18)16-8-9-16;/h4,7,10,15-16H,5-6,8-9,11-14H2,1-3H3;1H. The van der Waals surface area contributed by atoms with E-state index >= 15 is 0 Å². The average molecular weight is 391 g/mol. The van der Waals surface area contributed by atoms with Gasteiger partial charge < -0.3 is 9.47 Å². The van der Waals surface area contributed by atoms with Crippen molar-refractivity contribution in [2.75, 3.05) is 27.2 Å². The van der Waals surface area contributed by atoms with E-state index in [9.17, 15) is 4.79 Å². The maximum atomic E-state index is 12.5. The molecule has 2 aromatic rings. The van der Waals surface area contributed by atoms with Gasteiger partial charge >= 0.3 is 0 Å². The number of hydrogen-bond acceptors (Lipinski definition) is 3. The number of halogens is 1. The summed E-state index contributed by atoms with van der Waals surface area (Å²) >= 11 is 0. The third-order valence-corrected chi connectivity index (χ3v) is 5.85. The van der Waals surface area contributed by atoms with E-state index in [-0.39, 0.29) is 18.3 Å². The second-order valence-corrected chi connectivity index (χ2v) is 8.37. The highest BCUT2D eigenvalue weighted by Gasteiger charge is 2.33. The second-order valence-electron chi connectivity index (χ2n) is 8.37. The molecule has 1 aliphatic carbocycles. The Morgan fingerprint density at radius 1 is 1.30 bits per heavy atom. The SMILES string of the molecule is CC1CCCN(Cc2c(C3CC3)n(CC(=O)N(C)C)c3ncccc23)C1.Cl. The summed E-state index contributed by atoms with van der Waals surface area (Å²) in [4.78, 5) is 21.4. The molecule has 1 unspecified atom stereocenters. The molecule has 1 saturated carbocycles. The van der Waals surface area contributed by atoms with Crippen molar-refractivity contribution < 1.29 is 4.79 Å². The van der Waals surface area contributed by atoms with E-state index in [2.05, 4.69) is 27.4 Å². The van der Waals surface area contributed by atoms with Gasteiger partial charge in [-0.25, -0.2) is 4.98 Å². The highest BCUT2D eigenvalue weighted by atomic mass is 35.5. The van der Waals surface area contributed by atoms with Crippen LogP contribution < -0.4 is 0 Å². The molecule has 4 rings (SSSR count). The molecule has 5 nitrogen and oxygen atoms in total. The number of rotatable bonds is 5. The highest BCUT2D eigenvalue weighted by Crippen LogP contribution is 2.45. The Labute approximate surface area is 168 Å². The van der Waals surface area contributed by atoms with Gasteiger partial charge in [-0.3, -0.25) is 9.69 Å². The van der Waals surface area contributed by atoms with Gasteiger partial charge in [0.25, 0.3) is 0 Å². The molecule has 2 aromatic heterocycles. The summed E-state index contributed by atoms with van der Waals surface area (Å²) in [5.74, 6) is 1.50. The number of nitrogens with zero attached hydrogens (tertiary/aromatic N) is 4. The monoisotopic (exact) mass is 390 g/mol. The van der Waals surface area contributed by atoms with Gasteiger partial charge in [-0.05, 0) is 61.8 Å². The fourth-order valence-electron chi connectivity index (χ4n) is 4.34. The van der Waals surface area contributed by atoms with Gasteiger partial charge in [-0.1, -0.05) is 6.92 Å². The first-order chi connectivity index (χ1) is 12.5. The summed E-state index contributed by atoms with van der Waals surface area (Å²) < 4.78 is 2.21. The van der Waals surface area contributed by atoms with Crippen LogP contribution in [0.25, 0.3) is 11.0 Å². The Kier molecular flexibility index (Phi) is 6.11. The van der Waals surface area contributed by atoms with Gasteiger partial charge in [0.1, 0.15) is 12.2 Å². The van der Waals surface area contributed by atoms with Crippen LogP contribution in [0.15, 0.2) is 18.3 Å². The van der Waals surface area contributed by atoms with Gasteiger partial charge in [0.15, 0.2) is 0 Å². The fraction of sp³-hybridized carbons (Fsp3) is 0.619. The molecule has 2 aliphatic rings. The third-order valence-electron chi connectivity index (χ3n) is 5.85. The number of hydrogen-bond donors (Lipinski definition) is 0. The number of likely N-dealkylation sites (N-methyl/N-ethyl adjacent to an activating group) is 1. The average Bonchev–Trinajstić information content (AvgIpc) is 3.41. The lowest BCUT2D eigenvalue weighted by Gasteiger charge is -2.31. The number of aromatic nitrogens is 2. The van der Waals surface area contributed by atoms with Crippen molar-refractivity contribution in [3.8, 4) is 0 Å². The predicted molar refractivity (Wildman–Crippen MR) is 111 cm³/mol. The smallest absolute Gasteiger partial charge is 0.242 e. The minimum atomic E-state index is 0. The number of piperidine rings is 1. The molecule has 27 heavy (non-hydrogen) atoms. The van der Waals surface area contributed by atoms with Crippen LogP contribution in [0.2, 0.25) is 0 Å². The predicted octanol–water partition coefficient (Wildman–Crippen LogP) is 3.66. The molecule has 6 heteroatoms. The molecule has 0 radical (unpaired) electrons. The van der Waals surface area contributed by atoms with Crippen LogP contribution in [0.1, 0.15) is 49.8 Å². The Hall–Kier alpha value is -1.59. The zero-order chi connectivity index (χ0) is 18.3. The van der Waals surface area contributed by atoms with E-state index in [4.69, 9.17) is 0 Å². The molecule has 1 atom stereocenters. The van der Waals surface area contributed by atoms with Crippen LogP contribution in [0, 0.1) is 5.92 Å². The van der Waals surface area contributed by atoms with Crippen molar-refractivity contribution >= 4 is 29.3 Å². The van der Waals surface area contributed by atoms with Crippen molar-refractivity contribution in [3.05, 3.63) is 29.6 Å². The van der Waals surface area contributed by atoms with E-state index in [0.717, 1.165) is 18.1 Å². The van der Waals surface area contributed by atoms with Gasteiger partial charge in [0.2, 0.25) is 5.91 Å². The lowest BCUT2D eigenvalue weighted by atomic mass is 9.99. The normalized spacial score (nSPS) is 20.5. The Morgan fingerprint density at radius 3 is 2.74 bits per heavy atom. The maximum absolute atomic E-state index is 12.5. The third kappa shape index (κ3) is 4.14. The lowest BCUT2D eigenvalue weighted by molar-refractivity contribution is -0.129. The van der Waals surface area contributed by atoms with Gasteiger partial charge in [-0.15, -0.1) is 12.4 Å². The van der Waals surface area contributed by atoms with Crippen molar-refractivity contribution in [1.29, 1.82) is 0 Å². The van der Waals surface area contributed by atoms with Crippen LogP contribution in [-0.4, -0.2) is 52.4 Å². The van der Waals surface area contributed by atoms with Crippen LogP contribution in [-0.2, 0) is 17.9 Å². The number of carbonyl (C=O) groups is 1. The zero-order valence-corrected chi connectivity index (χ0v) is 17.5. The number of likely N-dealkylation sites (tertiary alicyclic amines) is 1. The van der Waals surface area contributed by atoms with Gasteiger partial charge in [0, 0.05) is 44.5 Å². The summed E-state index contributed by atoms with van der Waals surface area (Å²) in [6.45, 7) is 6.09. The van der Waals surface area contributed by atoms with Crippen molar-refractivity contribution in [1.82, 2.24) is 19.4 Å². The van der Waals surface area contributed by atoms with Crippen molar-refractivity contribution in [2.24, 2.45) is 5.92 Å². The molecular formula is C21H31ClN4O. The summed E-state index contributed by atoms with van der Waals surface area (Å²) in [7, 11) is 3.66. The lowest BCUT2D eigenvalue weighted by Crippen LogP contribution is -2.34. The largest absolute Gasteiger partial charge is 0.347 e. The number of amides is 1.